The van der Waals surface area contributed by atoms with Gasteiger partial charge >= 0.3 is 5.97 Å². The van der Waals surface area contributed by atoms with Crippen LogP contribution in [0, 0.1) is 0 Å². The number of fused-ring (bicyclic) bond motifs is 1. The first-order valence-corrected chi connectivity index (χ1v) is 6.00. The molecule has 0 fully saturated rings. The summed E-state index contributed by atoms with van der Waals surface area (Å²) in [5, 5.41) is 1.07. The third kappa shape index (κ3) is 2.35. The van der Waals surface area contributed by atoms with Gasteiger partial charge in [0.2, 0.25) is 0 Å². The van der Waals surface area contributed by atoms with E-state index in [1.807, 2.05) is 24.4 Å². The summed E-state index contributed by atoms with van der Waals surface area (Å²) >= 11 is 3.46. The van der Waals surface area contributed by atoms with Crippen molar-refractivity contribution in [3.63, 3.8) is 0 Å². The summed E-state index contributed by atoms with van der Waals surface area (Å²) in [6.45, 7) is 0. The van der Waals surface area contributed by atoms with Gasteiger partial charge in [0.15, 0.2) is 0 Å². The largest absolute Gasteiger partial charge is 0.468 e. The maximum Gasteiger partial charge on any atom is 0.322 e. The molecule has 4 nitrogen and oxygen atoms in total. The quantitative estimate of drug-likeness (QED) is 0.851. The van der Waals surface area contributed by atoms with Crippen molar-refractivity contribution < 1.29 is 9.53 Å². The molecule has 0 spiro atoms. The SMILES string of the molecule is COC(=O)[C@H](N)Cc1c[nH]c2c(Br)cccc12. The van der Waals surface area contributed by atoms with Gasteiger partial charge < -0.3 is 15.5 Å². The molecule has 0 saturated carbocycles. The number of rotatable bonds is 3. The number of hydrogen-bond acceptors (Lipinski definition) is 3. The summed E-state index contributed by atoms with van der Waals surface area (Å²) in [7, 11) is 1.34. The van der Waals surface area contributed by atoms with Gasteiger partial charge in [0.25, 0.3) is 0 Å². The summed E-state index contributed by atoms with van der Waals surface area (Å²) in [5.41, 5.74) is 7.77. The van der Waals surface area contributed by atoms with E-state index in [4.69, 9.17) is 5.73 Å². The topological polar surface area (TPSA) is 68.1 Å². The first-order chi connectivity index (χ1) is 8.13. The Morgan fingerprint density at radius 2 is 2.35 bits per heavy atom. The van der Waals surface area contributed by atoms with E-state index in [0.29, 0.717) is 6.42 Å². The molecule has 17 heavy (non-hydrogen) atoms. The minimum absolute atomic E-state index is 0.394. The molecular formula is C12H13BrN2O2. The van der Waals surface area contributed by atoms with Gasteiger partial charge in [0.1, 0.15) is 6.04 Å². The fourth-order valence-corrected chi connectivity index (χ4v) is 2.30. The number of esters is 1. The number of carbonyl (C=O) groups is 1. The van der Waals surface area contributed by atoms with E-state index < -0.39 is 12.0 Å². The van der Waals surface area contributed by atoms with E-state index in [-0.39, 0.29) is 0 Å². The van der Waals surface area contributed by atoms with Crippen LogP contribution in [0.25, 0.3) is 10.9 Å². The van der Waals surface area contributed by atoms with Gasteiger partial charge in [-0.15, -0.1) is 0 Å². The summed E-state index contributed by atoms with van der Waals surface area (Å²) in [4.78, 5) is 14.4. The Kier molecular flexibility index (Phi) is 3.49. The second-order valence-electron chi connectivity index (χ2n) is 3.81. The highest BCUT2D eigenvalue weighted by Crippen LogP contribution is 2.26. The number of aromatic nitrogens is 1. The predicted octanol–water partition coefficient (Wildman–Crippen LogP) is 1.97. The van der Waals surface area contributed by atoms with Crippen LogP contribution in [0.2, 0.25) is 0 Å². The molecule has 0 unspecified atom stereocenters. The number of ether oxygens (including phenoxy) is 1. The Bertz CT molecular complexity index is 550. The molecule has 0 radical (unpaired) electrons. The zero-order valence-corrected chi connectivity index (χ0v) is 11.0. The average molecular weight is 297 g/mol. The van der Waals surface area contributed by atoms with Crippen LogP contribution in [0.1, 0.15) is 5.56 Å². The Morgan fingerprint density at radius 1 is 1.59 bits per heavy atom. The van der Waals surface area contributed by atoms with Gasteiger partial charge in [0, 0.05) is 22.5 Å². The molecule has 1 heterocycles. The molecule has 3 N–H and O–H groups in total. The average Bonchev–Trinajstić information content (AvgIpc) is 2.73. The van der Waals surface area contributed by atoms with Gasteiger partial charge in [-0.2, -0.15) is 0 Å². The van der Waals surface area contributed by atoms with Crippen molar-refractivity contribution in [1.29, 1.82) is 0 Å². The van der Waals surface area contributed by atoms with Gasteiger partial charge in [-0.3, -0.25) is 4.79 Å². The number of aromatic amines is 1. The van der Waals surface area contributed by atoms with E-state index in [9.17, 15) is 4.79 Å². The number of carbonyl (C=O) groups excluding carboxylic acids is 1. The molecule has 0 aliphatic carbocycles. The molecule has 1 atom stereocenters. The molecule has 2 rings (SSSR count). The fraction of sp³-hybridized carbons (Fsp3) is 0.250. The first-order valence-electron chi connectivity index (χ1n) is 5.21. The Balaban J connectivity index is 2.31. The number of halogens is 1. The van der Waals surface area contributed by atoms with Crippen LogP contribution in [-0.4, -0.2) is 24.1 Å². The number of nitrogens with two attached hydrogens (primary N) is 1. The molecule has 0 amide bonds. The van der Waals surface area contributed by atoms with Crippen LogP contribution in [0.3, 0.4) is 0 Å². The zero-order chi connectivity index (χ0) is 12.4. The Hall–Kier alpha value is -1.33. The van der Waals surface area contributed by atoms with Crippen molar-refractivity contribution in [3.05, 3.63) is 34.4 Å². The summed E-state index contributed by atoms with van der Waals surface area (Å²) in [5.74, 6) is -0.394. The second-order valence-corrected chi connectivity index (χ2v) is 4.66. The number of nitrogens with one attached hydrogen (secondary N) is 1. The van der Waals surface area contributed by atoms with Crippen molar-refractivity contribution >= 4 is 32.8 Å². The number of benzene rings is 1. The number of para-hydroxylation sites is 1. The zero-order valence-electron chi connectivity index (χ0n) is 9.37. The fourth-order valence-electron chi connectivity index (χ4n) is 1.82. The van der Waals surface area contributed by atoms with Crippen molar-refractivity contribution in [1.82, 2.24) is 4.98 Å². The minimum Gasteiger partial charge on any atom is -0.468 e. The molecule has 90 valence electrons. The molecule has 1 aromatic heterocycles. The maximum absolute atomic E-state index is 11.3. The van der Waals surface area contributed by atoms with E-state index >= 15 is 0 Å². The van der Waals surface area contributed by atoms with Crippen LogP contribution in [0.5, 0.6) is 0 Å². The first kappa shape index (κ1) is 12.1. The van der Waals surface area contributed by atoms with Gasteiger partial charge in [-0.05, 0) is 27.6 Å². The van der Waals surface area contributed by atoms with E-state index in [1.54, 1.807) is 0 Å². The monoisotopic (exact) mass is 296 g/mol. The smallest absolute Gasteiger partial charge is 0.322 e. The number of H-pyrrole nitrogens is 1. The van der Waals surface area contributed by atoms with Crippen LogP contribution in [-0.2, 0) is 16.0 Å². The highest BCUT2D eigenvalue weighted by Gasteiger charge is 2.16. The highest BCUT2D eigenvalue weighted by atomic mass is 79.9. The van der Waals surface area contributed by atoms with Crippen LogP contribution < -0.4 is 5.73 Å². The Labute approximate surface area is 107 Å². The highest BCUT2D eigenvalue weighted by molar-refractivity contribution is 9.10. The van der Waals surface area contributed by atoms with Crippen molar-refractivity contribution in [3.8, 4) is 0 Å². The summed E-state index contributed by atoms with van der Waals surface area (Å²) in [6.07, 6.45) is 2.33. The van der Waals surface area contributed by atoms with Gasteiger partial charge in [-0.1, -0.05) is 12.1 Å². The molecule has 0 bridgehead atoms. The standard InChI is InChI=1S/C12H13BrN2O2/c1-17-12(16)10(14)5-7-6-15-11-8(7)3-2-4-9(11)13/h2-4,6,10,15H,5,14H2,1H3/t10-/m1/s1. The maximum atomic E-state index is 11.3. The van der Waals surface area contributed by atoms with E-state index in [1.165, 1.54) is 7.11 Å². The van der Waals surface area contributed by atoms with Crippen LogP contribution >= 0.6 is 15.9 Å². The number of hydrogen-bond donors (Lipinski definition) is 2. The van der Waals surface area contributed by atoms with Crippen molar-refractivity contribution in [2.24, 2.45) is 5.73 Å². The summed E-state index contributed by atoms with van der Waals surface area (Å²) in [6, 6.07) is 5.28. The summed E-state index contributed by atoms with van der Waals surface area (Å²) < 4.78 is 5.61. The third-order valence-corrected chi connectivity index (χ3v) is 3.35. The predicted molar refractivity (Wildman–Crippen MR) is 69.7 cm³/mol. The molecule has 5 heteroatoms. The Morgan fingerprint density at radius 3 is 3.06 bits per heavy atom. The van der Waals surface area contributed by atoms with E-state index in [0.717, 1.165) is 20.9 Å². The lowest BCUT2D eigenvalue weighted by atomic mass is 10.1. The second kappa shape index (κ2) is 4.89. The van der Waals surface area contributed by atoms with Crippen LogP contribution in [0.15, 0.2) is 28.9 Å². The van der Waals surface area contributed by atoms with Crippen molar-refractivity contribution in [2.75, 3.05) is 7.11 Å². The normalized spacial score (nSPS) is 12.6. The lowest BCUT2D eigenvalue weighted by molar-refractivity contribution is -0.142. The molecule has 2 aromatic rings. The third-order valence-electron chi connectivity index (χ3n) is 2.69. The van der Waals surface area contributed by atoms with Crippen LogP contribution in [0.4, 0.5) is 0 Å². The van der Waals surface area contributed by atoms with Gasteiger partial charge in [-0.25, -0.2) is 0 Å². The lowest BCUT2D eigenvalue weighted by Gasteiger charge is -2.08. The van der Waals surface area contributed by atoms with Gasteiger partial charge in [0.05, 0.1) is 12.6 Å². The minimum atomic E-state index is -0.627. The molecule has 0 aliphatic heterocycles. The molecular weight excluding hydrogens is 284 g/mol. The number of methoxy groups -OCH3 is 1. The molecule has 0 saturated heterocycles. The van der Waals surface area contributed by atoms with E-state index in [2.05, 4.69) is 25.7 Å². The molecule has 0 aliphatic rings. The lowest BCUT2D eigenvalue weighted by Crippen LogP contribution is -2.33. The molecule has 1 aromatic carbocycles. The van der Waals surface area contributed by atoms with Crippen molar-refractivity contribution in [2.45, 2.75) is 12.5 Å².